The molecule has 2 nitrogen and oxygen atoms in total. The molecule has 1 atom stereocenters. The maximum Gasteiger partial charge on any atom is 1.00 e. The van der Waals surface area contributed by atoms with Crippen molar-refractivity contribution in [3.05, 3.63) is 0 Å². The molecule has 0 bridgehead atoms. The molecule has 14 heavy (non-hydrogen) atoms. The molecule has 0 spiro atoms. The third kappa shape index (κ3) is 6.81. The zero-order chi connectivity index (χ0) is 9.90. The molecule has 0 N–H and O–H groups in total. The van der Waals surface area contributed by atoms with E-state index in [9.17, 15) is 12.9 Å². The fraction of sp³-hybridized carbons (Fsp3) is 1.00. The SMILES string of the molecule is CC1CN(C[B-](F)(F)F)CCCO1.[K+]. The van der Waals surface area contributed by atoms with Crippen molar-refractivity contribution in [3.63, 3.8) is 0 Å². The molecule has 0 amide bonds. The molecule has 1 rings (SSSR count). The Balaban J connectivity index is 0.00000169. The van der Waals surface area contributed by atoms with Crippen LogP contribution in [0.4, 0.5) is 12.9 Å². The minimum absolute atomic E-state index is 0. The Labute approximate surface area is 125 Å². The van der Waals surface area contributed by atoms with E-state index in [2.05, 4.69) is 0 Å². The van der Waals surface area contributed by atoms with Gasteiger partial charge in [0.2, 0.25) is 0 Å². The van der Waals surface area contributed by atoms with Crippen molar-refractivity contribution < 1.29 is 69.1 Å². The van der Waals surface area contributed by atoms with Crippen molar-refractivity contribution in [2.45, 2.75) is 19.4 Å². The van der Waals surface area contributed by atoms with Gasteiger partial charge in [-0.05, 0) is 26.3 Å². The van der Waals surface area contributed by atoms with Crippen LogP contribution in [0.25, 0.3) is 0 Å². The Morgan fingerprint density at radius 3 is 2.64 bits per heavy atom. The summed E-state index contributed by atoms with van der Waals surface area (Å²) in [5, 5.41) is 0. The number of nitrogens with zero attached hydrogens (tertiary/aromatic N) is 1. The molecule has 1 heterocycles. The molecular weight excluding hydrogens is 221 g/mol. The molecule has 1 fully saturated rings. The molecule has 78 valence electrons. The van der Waals surface area contributed by atoms with E-state index in [1.165, 1.54) is 4.90 Å². The van der Waals surface area contributed by atoms with Gasteiger partial charge in [-0.25, -0.2) is 0 Å². The normalized spacial score (nSPS) is 25.3. The first-order valence-electron chi connectivity index (χ1n) is 4.52. The summed E-state index contributed by atoms with van der Waals surface area (Å²) in [4.78, 5) is 1.43. The topological polar surface area (TPSA) is 12.5 Å². The van der Waals surface area contributed by atoms with Gasteiger partial charge in [0.05, 0.1) is 6.10 Å². The molecule has 1 saturated heterocycles. The van der Waals surface area contributed by atoms with Gasteiger partial charge < -0.3 is 22.6 Å². The van der Waals surface area contributed by atoms with E-state index in [-0.39, 0.29) is 57.5 Å². The largest absolute Gasteiger partial charge is 1.00 e. The Morgan fingerprint density at radius 2 is 2.07 bits per heavy atom. The number of ether oxygens (including phenoxy) is 1. The number of halogens is 3. The summed E-state index contributed by atoms with van der Waals surface area (Å²) in [6, 6.07) is 0. The van der Waals surface area contributed by atoms with Crippen molar-refractivity contribution >= 4 is 6.98 Å². The number of hydrogen-bond acceptors (Lipinski definition) is 2. The van der Waals surface area contributed by atoms with Crippen molar-refractivity contribution in [2.75, 3.05) is 26.1 Å². The van der Waals surface area contributed by atoms with Crippen LogP contribution in [0, 0.1) is 0 Å². The first-order chi connectivity index (χ1) is 5.97. The molecule has 0 aromatic heterocycles. The zero-order valence-corrected chi connectivity index (χ0v) is 11.8. The van der Waals surface area contributed by atoms with E-state index in [1.54, 1.807) is 0 Å². The van der Waals surface area contributed by atoms with Gasteiger partial charge in [-0.2, -0.15) is 0 Å². The van der Waals surface area contributed by atoms with Crippen LogP contribution in [-0.4, -0.2) is 44.1 Å². The van der Waals surface area contributed by atoms with Gasteiger partial charge in [0.25, 0.3) is 0 Å². The molecule has 1 aliphatic rings. The molecule has 0 aliphatic carbocycles. The molecular formula is C7H14BF3KNO. The van der Waals surface area contributed by atoms with E-state index < -0.39 is 13.4 Å². The van der Waals surface area contributed by atoms with Crippen LogP contribution in [0.5, 0.6) is 0 Å². The fourth-order valence-corrected chi connectivity index (χ4v) is 1.54. The van der Waals surface area contributed by atoms with Crippen LogP contribution >= 0.6 is 0 Å². The van der Waals surface area contributed by atoms with Gasteiger partial charge >= 0.3 is 58.4 Å². The van der Waals surface area contributed by atoms with Crippen molar-refractivity contribution in [1.29, 1.82) is 0 Å². The van der Waals surface area contributed by atoms with Crippen LogP contribution in [0.1, 0.15) is 13.3 Å². The van der Waals surface area contributed by atoms with Gasteiger partial charge in [-0.15, -0.1) is 0 Å². The van der Waals surface area contributed by atoms with Crippen LogP contribution in [0.15, 0.2) is 0 Å². The van der Waals surface area contributed by atoms with Gasteiger partial charge in [0, 0.05) is 13.2 Å². The number of rotatable bonds is 2. The fourth-order valence-electron chi connectivity index (χ4n) is 1.54. The zero-order valence-electron chi connectivity index (χ0n) is 8.68. The van der Waals surface area contributed by atoms with Gasteiger partial charge in [0.15, 0.2) is 0 Å². The average Bonchev–Trinajstić information content (AvgIpc) is 2.10. The second-order valence-corrected chi connectivity index (χ2v) is 3.50. The van der Waals surface area contributed by atoms with Gasteiger partial charge in [-0.1, -0.05) is 0 Å². The van der Waals surface area contributed by atoms with Crippen molar-refractivity contribution in [3.8, 4) is 0 Å². The van der Waals surface area contributed by atoms with E-state index in [4.69, 9.17) is 4.74 Å². The van der Waals surface area contributed by atoms with Crippen LogP contribution in [0.3, 0.4) is 0 Å². The Hall–Kier alpha value is 1.41. The third-order valence-corrected chi connectivity index (χ3v) is 2.00. The molecule has 7 heteroatoms. The van der Waals surface area contributed by atoms with Gasteiger partial charge in [0.1, 0.15) is 0 Å². The third-order valence-electron chi connectivity index (χ3n) is 2.00. The van der Waals surface area contributed by atoms with E-state index in [0.29, 0.717) is 26.1 Å². The second kappa shape index (κ2) is 6.88. The summed E-state index contributed by atoms with van der Waals surface area (Å²) < 4.78 is 41.5. The van der Waals surface area contributed by atoms with E-state index >= 15 is 0 Å². The average molecular weight is 235 g/mol. The summed E-state index contributed by atoms with van der Waals surface area (Å²) >= 11 is 0. The van der Waals surface area contributed by atoms with Crippen molar-refractivity contribution in [1.82, 2.24) is 4.90 Å². The monoisotopic (exact) mass is 235 g/mol. The van der Waals surface area contributed by atoms with E-state index in [1.807, 2.05) is 6.92 Å². The maximum atomic E-state index is 12.1. The Kier molecular flexibility index (Phi) is 7.57. The van der Waals surface area contributed by atoms with Gasteiger partial charge in [-0.3, -0.25) is 0 Å². The van der Waals surface area contributed by atoms with Crippen molar-refractivity contribution in [2.24, 2.45) is 0 Å². The molecule has 1 aliphatic heterocycles. The maximum absolute atomic E-state index is 12.1. The standard InChI is InChI=1S/C7H14BF3NO.K/c1-7-5-12(3-2-4-13-7)6-8(9,10)11;/h7H,2-6H2,1H3;/q-1;+1. The van der Waals surface area contributed by atoms with Crippen LogP contribution in [-0.2, 0) is 4.74 Å². The first kappa shape index (κ1) is 15.4. The number of hydrogen-bond donors (Lipinski definition) is 0. The summed E-state index contributed by atoms with van der Waals surface area (Å²) in [5.41, 5.74) is 0. The first-order valence-corrected chi connectivity index (χ1v) is 4.52. The summed E-state index contributed by atoms with van der Waals surface area (Å²) in [7, 11) is 0. The van der Waals surface area contributed by atoms with Crippen LogP contribution < -0.4 is 51.4 Å². The smallest absolute Gasteiger partial charge is 0.448 e. The summed E-state index contributed by atoms with van der Waals surface area (Å²) in [5.74, 6) is 0. The minimum atomic E-state index is -4.69. The quantitative estimate of drug-likeness (QED) is 0.539. The second-order valence-electron chi connectivity index (χ2n) is 3.50. The van der Waals surface area contributed by atoms with Crippen LogP contribution in [0.2, 0.25) is 0 Å². The summed E-state index contributed by atoms with van der Waals surface area (Å²) in [6.45, 7) is -1.43. The molecule has 0 aromatic carbocycles. The Morgan fingerprint density at radius 1 is 1.43 bits per heavy atom. The molecule has 0 radical (unpaired) electrons. The predicted molar refractivity (Wildman–Crippen MR) is 45.5 cm³/mol. The summed E-state index contributed by atoms with van der Waals surface area (Å²) in [6.07, 6.45) is -0.148. The Bertz CT molecular complexity index is 170. The molecule has 1 unspecified atom stereocenters. The molecule has 0 aromatic rings. The van der Waals surface area contributed by atoms with E-state index in [0.717, 1.165) is 0 Å². The molecule has 0 saturated carbocycles. The predicted octanol–water partition coefficient (Wildman–Crippen LogP) is -1.51. The minimum Gasteiger partial charge on any atom is -0.448 e.